The molecule has 1 aliphatic heterocycles. The Bertz CT molecular complexity index is 2310. The number of methoxy groups -OCH3 is 2. The largest absolute Gasteiger partial charge is 0.695 e. The first kappa shape index (κ1) is 41.1. The van der Waals surface area contributed by atoms with Crippen molar-refractivity contribution in [2.75, 3.05) is 20.8 Å². The molecular formula is C43H48N4O9PSi+. The van der Waals surface area contributed by atoms with E-state index in [1.165, 1.54) is 12.5 Å². The average molecular weight is 824 g/mol. The molecule has 0 bridgehead atoms. The number of H-pyrrole nitrogens is 1. The van der Waals surface area contributed by atoms with Gasteiger partial charge in [0.25, 0.3) is 0 Å². The Kier molecular flexibility index (Phi) is 12.1. The molecule has 6 aromatic rings. The van der Waals surface area contributed by atoms with Crippen LogP contribution in [-0.2, 0) is 23.0 Å². The van der Waals surface area contributed by atoms with Crippen LogP contribution in [0.3, 0.4) is 0 Å². The van der Waals surface area contributed by atoms with Crippen LogP contribution in [0.1, 0.15) is 49.7 Å². The Labute approximate surface area is 339 Å². The van der Waals surface area contributed by atoms with Gasteiger partial charge in [0.1, 0.15) is 35.9 Å². The molecule has 13 nitrogen and oxygen atoms in total. The zero-order valence-electron chi connectivity index (χ0n) is 33.5. The van der Waals surface area contributed by atoms with Crippen LogP contribution in [0.25, 0.3) is 27.9 Å². The van der Waals surface area contributed by atoms with Gasteiger partial charge in [-0.2, -0.15) is 9.61 Å². The van der Waals surface area contributed by atoms with E-state index < -0.39 is 52.8 Å². The fraction of sp³-hybridized carbons (Fsp3) is 0.326. The van der Waals surface area contributed by atoms with E-state index >= 15 is 0 Å². The summed E-state index contributed by atoms with van der Waals surface area (Å²) in [4.78, 5) is 29.8. The number of aromatic nitrogens is 4. The molecule has 1 fully saturated rings. The van der Waals surface area contributed by atoms with Crippen molar-refractivity contribution in [1.29, 1.82) is 0 Å². The average Bonchev–Trinajstić information content (AvgIpc) is 3.79. The minimum atomic E-state index is -3.08. The van der Waals surface area contributed by atoms with Crippen molar-refractivity contribution in [2.45, 2.75) is 69.4 Å². The lowest BCUT2D eigenvalue weighted by atomic mass is 9.96. The van der Waals surface area contributed by atoms with E-state index in [0.717, 1.165) is 49.4 Å². The van der Waals surface area contributed by atoms with Crippen LogP contribution < -0.4 is 15.2 Å². The van der Waals surface area contributed by atoms with E-state index in [9.17, 15) is 14.3 Å². The van der Waals surface area contributed by atoms with E-state index in [1.807, 2.05) is 97.1 Å². The Balaban J connectivity index is 1.24. The third kappa shape index (κ3) is 8.69. The van der Waals surface area contributed by atoms with Crippen LogP contribution in [-0.4, -0.2) is 71.9 Å². The molecule has 0 saturated carbocycles. The van der Waals surface area contributed by atoms with Gasteiger partial charge >= 0.3 is 13.9 Å². The highest BCUT2D eigenvalue weighted by Crippen LogP contribution is 2.46. The van der Waals surface area contributed by atoms with E-state index in [2.05, 4.69) is 48.9 Å². The minimum absolute atomic E-state index is 0.0416. The van der Waals surface area contributed by atoms with Crippen LogP contribution in [0, 0.1) is 0 Å². The Morgan fingerprint density at radius 3 is 1.79 bits per heavy atom. The molecule has 1 unspecified atom stereocenters. The predicted molar refractivity (Wildman–Crippen MR) is 223 cm³/mol. The Morgan fingerprint density at radius 2 is 1.33 bits per heavy atom. The lowest BCUT2D eigenvalue weighted by molar-refractivity contribution is -0.0550. The summed E-state index contributed by atoms with van der Waals surface area (Å²) in [6.45, 7) is 10.4. The Morgan fingerprint density at radius 1 is 0.828 bits per heavy atom. The van der Waals surface area contributed by atoms with Crippen molar-refractivity contribution in [1.82, 2.24) is 19.6 Å². The second kappa shape index (κ2) is 17.0. The predicted octanol–water partition coefficient (Wildman–Crippen LogP) is 8.44. The van der Waals surface area contributed by atoms with Crippen LogP contribution in [0.15, 0.2) is 114 Å². The minimum Gasteiger partial charge on any atom is -0.497 e. The number of nitrogens with one attached hydrogen (secondary N) is 1. The van der Waals surface area contributed by atoms with Gasteiger partial charge in [0.05, 0.1) is 33.4 Å². The zero-order valence-corrected chi connectivity index (χ0v) is 35.4. The molecule has 4 aromatic carbocycles. The number of nitrogens with zero attached hydrogens (tertiary/aromatic N) is 3. The van der Waals surface area contributed by atoms with E-state index in [0.29, 0.717) is 5.56 Å². The zero-order chi connectivity index (χ0) is 41.2. The molecule has 0 amide bonds. The van der Waals surface area contributed by atoms with Crippen LogP contribution in [0.2, 0.25) is 18.1 Å². The van der Waals surface area contributed by atoms with Gasteiger partial charge in [0.15, 0.2) is 20.1 Å². The fourth-order valence-corrected chi connectivity index (χ4v) is 8.63. The third-order valence-electron chi connectivity index (χ3n) is 11.1. The van der Waals surface area contributed by atoms with Gasteiger partial charge in [-0.25, -0.2) is 9.78 Å². The van der Waals surface area contributed by atoms with Crippen molar-refractivity contribution in [3.8, 4) is 33.8 Å². The second-order valence-electron chi connectivity index (χ2n) is 15.7. The third-order valence-corrected chi connectivity index (χ3v) is 16.0. The molecule has 5 atom stereocenters. The lowest BCUT2D eigenvalue weighted by Crippen LogP contribution is -2.48. The number of aromatic amines is 1. The topological polar surface area (TPSA) is 156 Å². The van der Waals surface area contributed by atoms with Crippen molar-refractivity contribution in [3.05, 3.63) is 137 Å². The molecule has 0 radical (unpaired) electrons. The van der Waals surface area contributed by atoms with Gasteiger partial charge < -0.3 is 23.4 Å². The van der Waals surface area contributed by atoms with Gasteiger partial charge in [0.2, 0.25) is 0 Å². The fourth-order valence-electron chi connectivity index (χ4n) is 6.88. The summed E-state index contributed by atoms with van der Waals surface area (Å²) in [5.41, 5.74) is 6.17. The number of hydrogen-bond acceptors (Lipinski definition) is 10. The van der Waals surface area contributed by atoms with Crippen LogP contribution >= 0.6 is 8.25 Å². The van der Waals surface area contributed by atoms with Crippen molar-refractivity contribution >= 4 is 22.2 Å². The van der Waals surface area contributed by atoms with Crippen molar-refractivity contribution in [2.24, 2.45) is 0 Å². The van der Waals surface area contributed by atoms with Gasteiger partial charge in [-0.05, 0) is 75.8 Å². The molecular weight excluding hydrogens is 776 g/mol. The second-order valence-corrected chi connectivity index (χ2v) is 21.1. The summed E-state index contributed by atoms with van der Waals surface area (Å²) in [7, 11) is -2.36. The highest BCUT2D eigenvalue weighted by atomic mass is 31.1. The van der Waals surface area contributed by atoms with E-state index in [1.54, 1.807) is 14.2 Å². The smallest absolute Gasteiger partial charge is 0.497 e. The van der Waals surface area contributed by atoms with E-state index in [4.69, 9.17) is 27.9 Å². The first-order chi connectivity index (χ1) is 27.8. The van der Waals surface area contributed by atoms with Crippen LogP contribution in [0.4, 0.5) is 0 Å². The van der Waals surface area contributed by atoms with Gasteiger partial charge in [-0.3, -0.25) is 4.98 Å². The summed E-state index contributed by atoms with van der Waals surface area (Å²) < 4.78 is 50.7. The first-order valence-corrected chi connectivity index (χ1v) is 23.0. The van der Waals surface area contributed by atoms with Crippen molar-refractivity contribution in [3.63, 3.8) is 0 Å². The molecule has 7 rings (SSSR count). The molecule has 1 aliphatic rings. The summed E-state index contributed by atoms with van der Waals surface area (Å²) in [6.07, 6.45) is -1.38. The normalized spacial score (nSPS) is 18.8. The maximum atomic E-state index is 12.6. The number of ether oxygens (including phenoxy) is 4. The lowest BCUT2D eigenvalue weighted by Gasteiger charge is -2.39. The number of fused-ring (bicyclic) bond motifs is 1. The SMILES string of the molecule is COc1ccc(-c2ccc(C(OC[C@H]3O[C@@H](c4cnn5c(=O)[nH]cnc45)[C@H](O[Si](C)(C)C(C)(C)C)[C@@H]3O[P+](=O)O)c3ccc(-c4ccc(OC)cc4)cc3)cc2)cc1. The number of hydrogen-bond donors (Lipinski definition) is 2. The summed E-state index contributed by atoms with van der Waals surface area (Å²) >= 11 is 0. The molecule has 1 saturated heterocycles. The van der Waals surface area contributed by atoms with Crippen LogP contribution in [0.5, 0.6) is 11.5 Å². The molecule has 0 spiro atoms. The molecule has 2 N–H and O–H groups in total. The molecule has 0 aliphatic carbocycles. The summed E-state index contributed by atoms with van der Waals surface area (Å²) in [6, 6.07) is 32.1. The molecule has 302 valence electrons. The maximum Gasteiger partial charge on any atom is 0.695 e. The highest BCUT2D eigenvalue weighted by molar-refractivity contribution is 7.32. The quantitative estimate of drug-likeness (QED) is 0.0803. The number of benzene rings is 4. The maximum absolute atomic E-state index is 12.6. The molecule has 58 heavy (non-hydrogen) atoms. The molecule has 3 heterocycles. The summed E-state index contributed by atoms with van der Waals surface area (Å²) in [5.74, 6) is 1.56. The van der Waals surface area contributed by atoms with Gasteiger partial charge in [0, 0.05) is 10.1 Å². The Hall–Kier alpha value is -5.05. The van der Waals surface area contributed by atoms with E-state index in [-0.39, 0.29) is 17.3 Å². The standard InChI is InChI=1S/C43H47N4O9PSi/c1-43(2,3)58(6,7)56-40-38(35-24-46-47-41(35)44-26-45-42(47)48)54-36(39(40)55-57(49)50)25-53-37(31-12-8-27(9-13-31)29-16-20-33(51-4)21-17-29)32-14-10-28(11-15-32)30-18-22-34(52-5)23-19-30/h8-24,26,36-40H,25H2,1-7H3,(H-,44,45,46,48,49,50)/p+1/t36-,38+,39-,40+/m1/s1. The first-order valence-electron chi connectivity index (χ1n) is 18.9. The van der Waals surface area contributed by atoms with Crippen molar-refractivity contribution < 1.29 is 37.4 Å². The highest BCUT2D eigenvalue weighted by Gasteiger charge is 2.55. The summed E-state index contributed by atoms with van der Waals surface area (Å²) in [5, 5.41) is 4.05. The van der Waals surface area contributed by atoms with Gasteiger partial charge in [-0.15, -0.1) is 9.42 Å². The molecule has 2 aromatic heterocycles. The van der Waals surface area contributed by atoms with Gasteiger partial charge in [-0.1, -0.05) is 93.6 Å². The molecule has 15 heteroatoms. The monoisotopic (exact) mass is 823 g/mol. The number of rotatable bonds is 14.